The van der Waals surface area contributed by atoms with Gasteiger partial charge in [0, 0.05) is 10.9 Å². The lowest BCUT2D eigenvalue weighted by atomic mass is 9.98. The van der Waals surface area contributed by atoms with Crippen LogP contribution in [0.4, 0.5) is 13.2 Å². The molecule has 0 bridgehead atoms. The number of rotatable bonds is 2. The fourth-order valence-corrected chi connectivity index (χ4v) is 2.26. The van der Waals surface area contributed by atoms with Crippen LogP contribution in [-0.4, -0.2) is 12.1 Å². The maximum atomic E-state index is 12.2. The van der Waals surface area contributed by atoms with Gasteiger partial charge in [0.25, 0.3) is 0 Å². The Morgan fingerprint density at radius 3 is 2.38 bits per heavy atom. The number of hydrogen-bond acceptors (Lipinski definition) is 2. The summed E-state index contributed by atoms with van der Waals surface area (Å²) in [7, 11) is 0. The number of hydrogen-bond donors (Lipinski definition) is 1. The molecule has 1 saturated heterocycles. The fourth-order valence-electron chi connectivity index (χ4n) is 1.54. The van der Waals surface area contributed by atoms with Gasteiger partial charge in [-0.15, -0.1) is 12.4 Å². The molecule has 1 aromatic rings. The third-order valence-electron chi connectivity index (χ3n) is 2.34. The Kier molecular flexibility index (Phi) is 4.52. The van der Waals surface area contributed by atoms with Crippen molar-refractivity contribution >= 4 is 24.2 Å². The molecule has 1 N–H and O–H groups in total. The zero-order valence-electron chi connectivity index (χ0n) is 8.25. The Labute approximate surface area is 102 Å². The summed E-state index contributed by atoms with van der Waals surface area (Å²) in [5.74, 6) is 0. The highest BCUT2D eigenvalue weighted by molar-refractivity contribution is 8.00. The first-order chi connectivity index (χ1) is 7.06. The molecule has 1 heterocycles. The van der Waals surface area contributed by atoms with Crippen molar-refractivity contribution in [2.24, 2.45) is 0 Å². The Morgan fingerprint density at radius 1 is 1.25 bits per heavy atom. The van der Waals surface area contributed by atoms with Crippen molar-refractivity contribution < 1.29 is 13.2 Å². The van der Waals surface area contributed by atoms with Crippen LogP contribution in [0.15, 0.2) is 29.2 Å². The van der Waals surface area contributed by atoms with Gasteiger partial charge in [-0.05, 0) is 36.4 Å². The molecule has 0 unspecified atom stereocenters. The average Bonchev–Trinajstić information content (AvgIpc) is 2.02. The molecule has 0 amide bonds. The molecule has 1 nitrogen and oxygen atoms in total. The van der Waals surface area contributed by atoms with Crippen LogP contribution < -0.4 is 5.32 Å². The third kappa shape index (κ3) is 3.30. The molecule has 0 spiro atoms. The number of thioether (sulfide) groups is 1. The molecule has 6 heteroatoms. The van der Waals surface area contributed by atoms with Crippen LogP contribution >= 0.6 is 24.2 Å². The predicted octanol–water partition coefficient (Wildman–Crippen LogP) is 3.75. The van der Waals surface area contributed by atoms with Crippen molar-refractivity contribution in [1.82, 2.24) is 5.32 Å². The molecule has 90 valence electrons. The Bertz CT molecular complexity index is 352. The van der Waals surface area contributed by atoms with Gasteiger partial charge in [-0.25, -0.2) is 0 Å². The number of alkyl halides is 3. The lowest BCUT2D eigenvalue weighted by Crippen LogP contribution is -2.35. The van der Waals surface area contributed by atoms with Gasteiger partial charge in [0.2, 0.25) is 0 Å². The Morgan fingerprint density at radius 2 is 1.88 bits per heavy atom. The zero-order chi connectivity index (χ0) is 10.9. The van der Waals surface area contributed by atoms with Crippen molar-refractivity contribution in [3.05, 3.63) is 29.8 Å². The van der Waals surface area contributed by atoms with Gasteiger partial charge in [-0.1, -0.05) is 18.2 Å². The monoisotopic (exact) mass is 269 g/mol. The van der Waals surface area contributed by atoms with E-state index in [1.54, 1.807) is 18.2 Å². The summed E-state index contributed by atoms with van der Waals surface area (Å²) in [4.78, 5) is 0.308. The van der Waals surface area contributed by atoms with Gasteiger partial charge in [0.05, 0.1) is 0 Å². The first kappa shape index (κ1) is 13.7. The number of benzene rings is 1. The highest BCUT2D eigenvalue weighted by atomic mass is 35.5. The first-order valence-corrected chi connectivity index (χ1v) is 5.46. The van der Waals surface area contributed by atoms with E-state index in [4.69, 9.17) is 0 Å². The SMILES string of the molecule is Cl.FC(F)(F)Sc1ccccc1[C@H]1CCN1. The van der Waals surface area contributed by atoms with Gasteiger partial charge in [0.15, 0.2) is 0 Å². The summed E-state index contributed by atoms with van der Waals surface area (Å²) in [5.41, 5.74) is -3.45. The minimum Gasteiger partial charge on any atom is -0.310 e. The molecule has 1 aromatic carbocycles. The summed E-state index contributed by atoms with van der Waals surface area (Å²) in [5, 5.41) is 3.11. The zero-order valence-corrected chi connectivity index (χ0v) is 9.88. The summed E-state index contributed by atoms with van der Waals surface area (Å²) in [6.07, 6.45) is 0.912. The van der Waals surface area contributed by atoms with E-state index in [-0.39, 0.29) is 30.2 Å². The van der Waals surface area contributed by atoms with Crippen molar-refractivity contribution in [3.63, 3.8) is 0 Å². The van der Waals surface area contributed by atoms with E-state index in [1.165, 1.54) is 6.07 Å². The van der Waals surface area contributed by atoms with E-state index in [0.29, 0.717) is 4.90 Å². The highest BCUT2D eigenvalue weighted by Crippen LogP contribution is 2.41. The molecule has 16 heavy (non-hydrogen) atoms. The minimum atomic E-state index is -4.21. The second-order valence-electron chi connectivity index (χ2n) is 3.38. The van der Waals surface area contributed by atoms with Crippen LogP contribution in [-0.2, 0) is 0 Å². The van der Waals surface area contributed by atoms with E-state index in [1.807, 2.05) is 0 Å². The number of halogens is 4. The van der Waals surface area contributed by atoms with Gasteiger partial charge in [0.1, 0.15) is 0 Å². The fraction of sp³-hybridized carbons (Fsp3) is 0.400. The van der Waals surface area contributed by atoms with Crippen LogP contribution in [0.25, 0.3) is 0 Å². The van der Waals surface area contributed by atoms with Gasteiger partial charge in [-0.3, -0.25) is 0 Å². The van der Waals surface area contributed by atoms with Crippen molar-refractivity contribution in [2.45, 2.75) is 22.9 Å². The molecule has 1 aliphatic heterocycles. The normalized spacial score (nSPS) is 19.8. The van der Waals surface area contributed by atoms with Crippen LogP contribution in [0.2, 0.25) is 0 Å². The molecule has 0 aliphatic carbocycles. The third-order valence-corrected chi connectivity index (χ3v) is 3.17. The van der Waals surface area contributed by atoms with E-state index in [2.05, 4.69) is 5.32 Å². The van der Waals surface area contributed by atoms with Crippen LogP contribution in [0.1, 0.15) is 18.0 Å². The molecule has 1 aliphatic rings. The van der Waals surface area contributed by atoms with Crippen molar-refractivity contribution in [3.8, 4) is 0 Å². The topological polar surface area (TPSA) is 12.0 Å². The predicted molar refractivity (Wildman–Crippen MR) is 61.0 cm³/mol. The second kappa shape index (κ2) is 5.29. The van der Waals surface area contributed by atoms with Crippen molar-refractivity contribution in [2.75, 3.05) is 6.54 Å². The van der Waals surface area contributed by atoms with Crippen molar-refractivity contribution in [1.29, 1.82) is 0 Å². The first-order valence-electron chi connectivity index (χ1n) is 4.64. The molecular formula is C10H11ClF3NS. The minimum absolute atomic E-state index is 0. The summed E-state index contributed by atoms with van der Waals surface area (Å²) >= 11 is -0.0350. The lowest BCUT2D eigenvalue weighted by Gasteiger charge is -2.29. The largest absolute Gasteiger partial charge is 0.446 e. The van der Waals surface area contributed by atoms with Crippen LogP contribution in [0.3, 0.4) is 0 Å². The van der Waals surface area contributed by atoms with E-state index in [0.717, 1.165) is 18.5 Å². The molecule has 1 fully saturated rings. The van der Waals surface area contributed by atoms with E-state index in [9.17, 15) is 13.2 Å². The molecule has 0 saturated carbocycles. The smallest absolute Gasteiger partial charge is 0.310 e. The Balaban J connectivity index is 0.00000128. The number of nitrogens with one attached hydrogen (secondary N) is 1. The van der Waals surface area contributed by atoms with E-state index >= 15 is 0 Å². The maximum Gasteiger partial charge on any atom is 0.446 e. The van der Waals surface area contributed by atoms with Gasteiger partial charge >= 0.3 is 5.51 Å². The lowest BCUT2D eigenvalue weighted by molar-refractivity contribution is -0.0328. The molecular weight excluding hydrogens is 259 g/mol. The standard InChI is InChI=1S/C10H10F3NS.ClH/c11-10(12,13)15-9-4-2-1-3-7(9)8-5-6-14-8;/h1-4,8,14H,5-6H2;1H/t8-;/m1./s1. The van der Waals surface area contributed by atoms with Crippen LogP contribution in [0, 0.1) is 0 Å². The second-order valence-corrected chi connectivity index (χ2v) is 4.49. The van der Waals surface area contributed by atoms with Crippen LogP contribution in [0.5, 0.6) is 0 Å². The quantitative estimate of drug-likeness (QED) is 0.821. The average molecular weight is 270 g/mol. The molecule has 0 radical (unpaired) electrons. The molecule has 0 aromatic heterocycles. The van der Waals surface area contributed by atoms with Gasteiger partial charge in [-0.2, -0.15) is 13.2 Å². The van der Waals surface area contributed by atoms with Gasteiger partial charge < -0.3 is 5.32 Å². The highest BCUT2D eigenvalue weighted by Gasteiger charge is 2.32. The molecule has 1 atom stereocenters. The summed E-state index contributed by atoms with van der Waals surface area (Å²) in [6, 6.07) is 6.78. The maximum absolute atomic E-state index is 12.2. The Hall–Kier alpha value is -0.390. The summed E-state index contributed by atoms with van der Waals surface area (Å²) < 4.78 is 36.7. The summed E-state index contributed by atoms with van der Waals surface area (Å²) in [6.45, 7) is 0.885. The molecule has 2 rings (SSSR count). The van der Waals surface area contributed by atoms with E-state index < -0.39 is 5.51 Å².